The van der Waals surface area contributed by atoms with Gasteiger partial charge in [0.2, 0.25) is 6.79 Å². The second-order valence-corrected chi connectivity index (χ2v) is 9.27. The number of benzene rings is 2. The Hall–Kier alpha value is -2.30. The third-order valence-electron chi connectivity index (χ3n) is 4.72. The van der Waals surface area contributed by atoms with Crippen LogP contribution in [0.4, 0.5) is 5.82 Å². The number of aryl methyl sites for hydroxylation is 2. The summed E-state index contributed by atoms with van der Waals surface area (Å²) in [5.74, 6) is 1.81. The molecule has 1 aliphatic heterocycles. The molecule has 0 amide bonds. The molecule has 2 aromatic carbocycles. The van der Waals surface area contributed by atoms with Crippen LogP contribution in [0.15, 0.2) is 61.7 Å². The Kier molecular flexibility index (Phi) is 5.30. The number of anilines is 1. The molecular weight excluding hydrogens is 534 g/mol. The largest absolute Gasteiger partial charge is 0.454 e. The zero-order valence-corrected chi connectivity index (χ0v) is 19.5. The SMILES string of the molecule is Nc1ncnc2c1nc(Sc1cc3c(cc1Br)OCO3)n2CCc1ccccc1Br. The van der Waals surface area contributed by atoms with Crippen molar-refractivity contribution in [3.63, 3.8) is 0 Å². The van der Waals surface area contributed by atoms with E-state index in [4.69, 9.17) is 20.2 Å². The van der Waals surface area contributed by atoms with Crippen molar-refractivity contribution in [1.29, 1.82) is 0 Å². The molecule has 10 heteroatoms. The number of fused-ring (bicyclic) bond motifs is 2. The van der Waals surface area contributed by atoms with Crippen molar-refractivity contribution in [1.82, 2.24) is 19.5 Å². The molecule has 0 aliphatic carbocycles. The van der Waals surface area contributed by atoms with Gasteiger partial charge in [0.05, 0.1) is 0 Å². The maximum Gasteiger partial charge on any atom is 0.231 e. The summed E-state index contributed by atoms with van der Waals surface area (Å²) in [6.07, 6.45) is 2.28. The molecule has 3 heterocycles. The molecule has 0 saturated heterocycles. The number of hydrogen-bond acceptors (Lipinski definition) is 7. The lowest BCUT2D eigenvalue weighted by Gasteiger charge is -2.11. The number of halogens is 2. The van der Waals surface area contributed by atoms with Gasteiger partial charge >= 0.3 is 0 Å². The maximum absolute atomic E-state index is 6.08. The molecule has 0 radical (unpaired) electrons. The van der Waals surface area contributed by atoms with Gasteiger partial charge < -0.3 is 19.8 Å². The molecule has 0 bridgehead atoms. The normalized spacial score (nSPS) is 12.6. The molecule has 4 aromatic rings. The van der Waals surface area contributed by atoms with Crippen LogP contribution in [0.5, 0.6) is 11.5 Å². The summed E-state index contributed by atoms with van der Waals surface area (Å²) in [5.41, 5.74) is 8.60. The molecule has 7 nitrogen and oxygen atoms in total. The van der Waals surface area contributed by atoms with Gasteiger partial charge in [-0.05, 0) is 46.1 Å². The fraction of sp³-hybridized carbons (Fsp3) is 0.150. The zero-order chi connectivity index (χ0) is 20.7. The average molecular weight is 549 g/mol. The van der Waals surface area contributed by atoms with Gasteiger partial charge in [0.25, 0.3) is 0 Å². The van der Waals surface area contributed by atoms with Crippen molar-refractivity contribution in [2.75, 3.05) is 12.5 Å². The fourth-order valence-corrected chi connectivity index (χ4v) is 5.21. The lowest BCUT2D eigenvalue weighted by Crippen LogP contribution is -2.05. The molecule has 2 N–H and O–H groups in total. The van der Waals surface area contributed by atoms with E-state index < -0.39 is 0 Å². The summed E-state index contributed by atoms with van der Waals surface area (Å²) < 4.78 is 15.0. The first kappa shape index (κ1) is 19.7. The lowest BCUT2D eigenvalue weighted by atomic mass is 10.1. The Balaban J connectivity index is 1.54. The Morgan fingerprint density at radius 3 is 2.70 bits per heavy atom. The van der Waals surface area contributed by atoms with Crippen molar-refractivity contribution in [3.8, 4) is 11.5 Å². The minimum Gasteiger partial charge on any atom is -0.454 e. The topological polar surface area (TPSA) is 88.1 Å². The highest BCUT2D eigenvalue weighted by Gasteiger charge is 2.21. The highest BCUT2D eigenvalue weighted by molar-refractivity contribution is 9.10. The molecule has 0 fully saturated rings. The number of imidazole rings is 1. The highest BCUT2D eigenvalue weighted by atomic mass is 79.9. The molecule has 0 unspecified atom stereocenters. The van der Waals surface area contributed by atoms with E-state index >= 15 is 0 Å². The number of nitrogens with two attached hydrogens (primary N) is 1. The summed E-state index contributed by atoms with van der Waals surface area (Å²) in [4.78, 5) is 14.3. The fourth-order valence-electron chi connectivity index (χ4n) is 3.22. The van der Waals surface area contributed by atoms with E-state index in [0.29, 0.717) is 23.5 Å². The number of rotatable bonds is 5. The number of nitrogen functional groups attached to an aromatic ring is 1. The number of nitrogens with zero attached hydrogens (tertiary/aromatic N) is 4. The molecule has 0 saturated carbocycles. The first-order valence-electron chi connectivity index (χ1n) is 9.07. The van der Waals surface area contributed by atoms with E-state index in [2.05, 4.69) is 52.5 Å². The van der Waals surface area contributed by atoms with Crippen LogP contribution in [0, 0.1) is 0 Å². The minimum absolute atomic E-state index is 0.229. The second kappa shape index (κ2) is 8.09. The lowest BCUT2D eigenvalue weighted by molar-refractivity contribution is 0.174. The Morgan fingerprint density at radius 1 is 1.07 bits per heavy atom. The molecule has 2 aromatic heterocycles. The highest BCUT2D eigenvalue weighted by Crippen LogP contribution is 2.43. The number of aromatic nitrogens is 4. The second-order valence-electron chi connectivity index (χ2n) is 6.56. The van der Waals surface area contributed by atoms with Gasteiger partial charge in [-0.3, -0.25) is 0 Å². The van der Waals surface area contributed by atoms with E-state index in [9.17, 15) is 0 Å². The van der Waals surface area contributed by atoms with Crippen LogP contribution < -0.4 is 15.2 Å². The van der Waals surface area contributed by atoms with Crippen molar-refractivity contribution in [3.05, 3.63) is 57.2 Å². The van der Waals surface area contributed by atoms with Crippen LogP contribution in [0.1, 0.15) is 5.56 Å². The van der Waals surface area contributed by atoms with E-state index in [1.165, 1.54) is 23.7 Å². The smallest absolute Gasteiger partial charge is 0.231 e. The van der Waals surface area contributed by atoms with Crippen LogP contribution in [-0.4, -0.2) is 26.3 Å². The summed E-state index contributed by atoms with van der Waals surface area (Å²) in [7, 11) is 0. The first-order chi connectivity index (χ1) is 14.6. The third kappa shape index (κ3) is 3.63. The molecule has 152 valence electrons. The quantitative estimate of drug-likeness (QED) is 0.373. The van der Waals surface area contributed by atoms with Gasteiger partial charge in [-0.25, -0.2) is 15.0 Å². The summed E-state index contributed by atoms with van der Waals surface area (Å²) in [5, 5.41) is 0.781. The Labute approximate surface area is 193 Å². The third-order valence-corrected chi connectivity index (χ3v) is 7.46. The van der Waals surface area contributed by atoms with Crippen LogP contribution in [0.2, 0.25) is 0 Å². The van der Waals surface area contributed by atoms with Crippen LogP contribution in [-0.2, 0) is 13.0 Å². The number of ether oxygens (including phenoxy) is 2. The molecule has 0 spiro atoms. The van der Waals surface area contributed by atoms with Gasteiger partial charge in [0.1, 0.15) is 6.33 Å². The molecule has 0 atom stereocenters. The van der Waals surface area contributed by atoms with Gasteiger partial charge in [0.15, 0.2) is 33.6 Å². The van der Waals surface area contributed by atoms with Crippen molar-refractivity contribution < 1.29 is 9.47 Å². The monoisotopic (exact) mass is 547 g/mol. The van der Waals surface area contributed by atoms with Crippen LogP contribution in [0.25, 0.3) is 11.2 Å². The van der Waals surface area contributed by atoms with Gasteiger partial charge in [-0.15, -0.1) is 0 Å². The molecular formula is C20H15Br2N5O2S. The number of hydrogen-bond donors (Lipinski definition) is 1. The van der Waals surface area contributed by atoms with E-state index in [0.717, 1.165) is 36.9 Å². The summed E-state index contributed by atoms with van der Waals surface area (Å²) in [6.45, 7) is 0.923. The molecule has 5 rings (SSSR count). The maximum atomic E-state index is 6.08. The summed E-state index contributed by atoms with van der Waals surface area (Å²) in [6, 6.07) is 12.0. The Bertz CT molecular complexity index is 1260. The van der Waals surface area contributed by atoms with Gasteiger partial charge in [-0.2, -0.15) is 0 Å². The minimum atomic E-state index is 0.229. The van der Waals surface area contributed by atoms with Crippen molar-refractivity contribution >= 4 is 60.6 Å². The van der Waals surface area contributed by atoms with Gasteiger partial charge in [0, 0.05) is 20.4 Å². The van der Waals surface area contributed by atoms with Crippen molar-refractivity contribution in [2.24, 2.45) is 0 Å². The van der Waals surface area contributed by atoms with Crippen molar-refractivity contribution in [2.45, 2.75) is 23.0 Å². The molecule has 1 aliphatic rings. The van der Waals surface area contributed by atoms with Crippen LogP contribution in [0.3, 0.4) is 0 Å². The predicted molar refractivity (Wildman–Crippen MR) is 122 cm³/mol. The van der Waals surface area contributed by atoms with E-state index in [1.807, 2.05) is 30.3 Å². The first-order valence-corrected chi connectivity index (χ1v) is 11.5. The van der Waals surface area contributed by atoms with E-state index in [-0.39, 0.29) is 6.79 Å². The Morgan fingerprint density at radius 2 is 1.87 bits per heavy atom. The average Bonchev–Trinajstić information content (AvgIpc) is 3.32. The molecule has 30 heavy (non-hydrogen) atoms. The van der Waals surface area contributed by atoms with Crippen LogP contribution >= 0.6 is 43.6 Å². The summed E-state index contributed by atoms with van der Waals surface area (Å²) >= 11 is 8.76. The van der Waals surface area contributed by atoms with Gasteiger partial charge in [-0.1, -0.05) is 45.9 Å². The standard InChI is InChI=1S/C20H15Br2N5O2S/c21-12-4-2-1-3-11(12)5-6-27-19-17(18(23)24-9-25-19)26-20(27)30-16-8-15-14(7-13(16)22)28-10-29-15/h1-4,7-9H,5-6,10H2,(H2,23,24,25). The van der Waals surface area contributed by atoms with E-state index in [1.54, 1.807) is 0 Å². The zero-order valence-electron chi connectivity index (χ0n) is 15.5. The predicted octanol–water partition coefficient (Wildman–Crippen LogP) is 5.06.